The molecule has 1 saturated carbocycles. The molecule has 0 aromatic heterocycles. The molecule has 1 fully saturated rings. The average molecular weight is 180 g/mol. The van der Waals surface area contributed by atoms with Gasteiger partial charge in [0.2, 0.25) is 0 Å². The second kappa shape index (κ2) is 3.66. The molecule has 4 nitrogen and oxygen atoms in total. The molecule has 0 heterocycles. The average Bonchev–Trinajstić information content (AvgIpc) is 2.08. The van der Waals surface area contributed by atoms with E-state index in [1.54, 1.807) is 0 Å². The summed E-state index contributed by atoms with van der Waals surface area (Å²) in [7, 11) is 0. The predicted molar refractivity (Wildman–Crippen MR) is 38.1 cm³/mol. The van der Waals surface area contributed by atoms with Crippen molar-refractivity contribution in [1.29, 1.82) is 0 Å². The van der Waals surface area contributed by atoms with Gasteiger partial charge < -0.3 is 20.4 Å². The maximum absolute atomic E-state index is 12.1. The second-order valence-electron chi connectivity index (χ2n) is 3.19. The largest absolute Gasteiger partial charge is 0.390 e. The van der Waals surface area contributed by atoms with Crippen LogP contribution >= 0.6 is 0 Å². The van der Waals surface area contributed by atoms with Gasteiger partial charge in [0.25, 0.3) is 0 Å². The highest BCUT2D eigenvalue weighted by Gasteiger charge is 2.41. The minimum absolute atomic E-state index is 0.0180. The van der Waals surface area contributed by atoms with Crippen LogP contribution in [0.4, 0.5) is 4.39 Å². The Labute approximate surface area is 69.3 Å². The van der Waals surface area contributed by atoms with Gasteiger partial charge in [-0.25, -0.2) is 0 Å². The summed E-state index contributed by atoms with van der Waals surface area (Å²) >= 11 is 0. The fourth-order valence-corrected chi connectivity index (χ4v) is 1.45. The molecule has 0 radical (unpaired) electrons. The molecule has 1 aliphatic carbocycles. The Morgan fingerprint density at radius 1 is 1.00 bits per heavy atom. The zero-order valence-electron chi connectivity index (χ0n) is 6.47. The SMILES string of the molecule is O[C@@H]1[C@H](O)[C@@H](CF)C[C@H](O)[C@H]1O. The molecule has 0 bridgehead atoms. The second-order valence-corrected chi connectivity index (χ2v) is 3.19. The van der Waals surface area contributed by atoms with Gasteiger partial charge >= 0.3 is 0 Å². The van der Waals surface area contributed by atoms with Gasteiger partial charge in [-0.05, 0) is 6.42 Å². The first kappa shape index (κ1) is 9.85. The van der Waals surface area contributed by atoms with Crippen LogP contribution in [0.2, 0.25) is 0 Å². The summed E-state index contributed by atoms with van der Waals surface area (Å²) in [6.07, 6.45) is -5.27. The third kappa shape index (κ3) is 1.59. The first-order chi connectivity index (χ1) is 5.57. The lowest BCUT2D eigenvalue weighted by Gasteiger charge is -2.36. The number of alkyl halides is 1. The normalized spacial score (nSPS) is 49.2. The van der Waals surface area contributed by atoms with Crippen LogP contribution in [0.5, 0.6) is 0 Å². The fourth-order valence-electron chi connectivity index (χ4n) is 1.45. The van der Waals surface area contributed by atoms with Gasteiger partial charge in [0, 0.05) is 5.92 Å². The molecule has 0 spiro atoms. The van der Waals surface area contributed by atoms with Crippen molar-refractivity contribution >= 4 is 0 Å². The topological polar surface area (TPSA) is 80.9 Å². The smallest absolute Gasteiger partial charge is 0.109 e. The Bertz CT molecular complexity index is 150. The Hall–Kier alpha value is -0.230. The molecular weight excluding hydrogens is 167 g/mol. The summed E-state index contributed by atoms with van der Waals surface area (Å²) in [6, 6.07) is 0. The standard InChI is InChI=1S/C7H13FO4/c8-2-3-1-4(9)6(11)7(12)5(3)10/h3-7,9-12H,1-2H2/t3-,4+,5-,6-,7-/m1/s1. The molecule has 1 rings (SSSR count). The van der Waals surface area contributed by atoms with Crippen molar-refractivity contribution in [3.63, 3.8) is 0 Å². The number of hydrogen-bond donors (Lipinski definition) is 4. The van der Waals surface area contributed by atoms with E-state index in [4.69, 9.17) is 20.4 Å². The number of rotatable bonds is 1. The molecule has 0 aromatic rings. The Kier molecular flexibility index (Phi) is 3.00. The van der Waals surface area contributed by atoms with Crippen LogP contribution in [0.25, 0.3) is 0 Å². The van der Waals surface area contributed by atoms with E-state index in [2.05, 4.69) is 0 Å². The van der Waals surface area contributed by atoms with Gasteiger partial charge in [-0.1, -0.05) is 0 Å². The van der Waals surface area contributed by atoms with Crippen LogP contribution in [0, 0.1) is 5.92 Å². The highest BCUT2D eigenvalue weighted by molar-refractivity contribution is 4.92. The highest BCUT2D eigenvalue weighted by atomic mass is 19.1. The molecule has 72 valence electrons. The molecule has 1 aliphatic rings. The molecular formula is C7H13FO4. The maximum Gasteiger partial charge on any atom is 0.109 e. The number of aliphatic hydroxyl groups is 4. The van der Waals surface area contributed by atoms with Gasteiger partial charge in [0.05, 0.1) is 18.9 Å². The summed E-state index contributed by atoms with van der Waals surface area (Å²) < 4.78 is 12.1. The van der Waals surface area contributed by atoms with E-state index in [1.165, 1.54) is 0 Å². The molecule has 0 unspecified atom stereocenters. The van der Waals surface area contributed by atoms with Crippen molar-refractivity contribution in [2.24, 2.45) is 5.92 Å². The first-order valence-electron chi connectivity index (χ1n) is 3.86. The molecule has 4 N–H and O–H groups in total. The van der Waals surface area contributed by atoms with Crippen molar-refractivity contribution in [2.45, 2.75) is 30.8 Å². The first-order valence-corrected chi connectivity index (χ1v) is 3.86. The van der Waals surface area contributed by atoms with Crippen molar-refractivity contribution < 1.29 is 24.8 Å². The van der Waals surface area contributed by atoms with Crippen LogP contribution in [-0.4, -0.2) is 51.5 Å². The van der Waals surface area contributed by atoms with Crippen LogP contribution < -0.4 is 0 Å². The lowest BCUT2D eigenvalue weighted by Crippen LogP contribution is -2.54. The van der Waals surface area contributed by atoms with E-state index in [9.17, 15) is 4.39 Å². The molecule has 0 aromatic carbocycles. The van der Waals surface area contributed by atoms with Crippen LogP contribution in [0.15, 0.2) is 0 Å². The highest BCUT2D eigenvalue weighted by Crippen LogP contribution is 2.25. The lowest BCUT2D eigenvalue weighted by atomic mass is 9.81. The van der Waals surface area contributed by atoms with Crippen molar-refractivity contribution in [2.75, 3.05) is 6.67 Å². The summed E-state index contributed by atoms with van der Waals surface area (Å²) in [5, 5.41) is 36.4. The van der Waals surface area contributed by atoms with Crippen LogP contribution in [-0.2, 0) is 0 Å². The molecule has 5 heteroatoms. The van der Waals surface area contributed by atoms with Gasteiger partial charge in [-0.3, -0.25) is 4.39 Å². The van der Waals surface area contributed by atoms with Crippen molar-refractivity contribution in [3.8, 4) is 0 Å². The number of halogens is 1. The van der Waals surface area contributed by atoms with Gasteiger partial charge in [-0.15, -0.1) is 0 Å². The Morgan fingerprint density at radius 3 is 2.08 bits per heavy atom. The summed E-state index contributed by atoms with van der Waals surface area (Å²) in [5.41, 5.74) is 0. The Balaban J connectivity index is 2.63. The summed E-state index contributed by atoms with van der Waals surface area (Å²) in [5.74, 6) is -0.779. The van der Waals surface area contributed by atoms with E-state index < -0.39 is 37.0 Å². The van der Waals surface area contributed by atoms with Crippen LogP contribution in [0.3, 0.4) is 0 Å². The van der Waals surface area contributed by atoms with Crippen LogP contribution in [0.1, 0.15) is 6.42 Å². The Morgan fingerprint density at radius 2 is 1.58 bits per heavy atom. The van der Waals surface area contributed by atoms with E-state index >= 15 is 0 Å². The molecule has 12 heavy (non-hydrogen) atoms. The third-order valence-corrected chi connectivity index (χ3v) is 2.32. The lowest BCUT2D eigenvalue weighted by molar-refractivity contribution is -0.159. The van der Waals surface area contributed by atoms with E-state index in [1.807, 2.05) is 0 Å². The molecule has 0 aliphatic heterocycles. The van der Waals surface area contributed by atoms with E-state index in [-0.39, 0.29) is 6.42 Å². The zero-order chi connectivity index (χ0) is 9.30. The molecule has 5 atom stereocenters. The van der Waals surface area contributed by atoms with Crippen molar-refractivity contribution in [1.82, 2.24) is 0 Å². The monoisotopic (exact) mass is 180 g/mol. The van der Waals surface area contributed by atoms with Crippen molar-refractivity contribution in [3.05, 3.63) is 0 Å². The summed E-state index contributed by atoms with van der Waals surface area (Å²) in [6.45, 7) is -0.804. The third-order valence-electron chi connectivity index (χ3n) is 2.32. The molecule has 0 saturated heterocycles. The van der Waals surface area contributed by atoms with Gasteiger partial charge in [0.1, 0.15) is 12.2 Å². The van der Waals surface area contributed by atoms with Gasteiger partial charge in [-0.2, -0.15) is 0 Å². The van der Waals surface area contributed by atoms with E-state index in [0.29, 0.717) is 0 Å². The quantitative estimate of drug-likeness (QED) is 0.392. The van der Waals surface area contributed by atoms with Gasteiger partial charge in [0.15, 0.2) is 0 Å². The predicted octanol–water partition coefficient (Wildman–Crippen LogP) is -1.58. The summed E-state index contributed by atoms with van der Waals surface area (Å²) in [4.78, 5) is 0. The molecule has 0 amide bonds. The number of hydrogen-bond acceptors (Lipinski definition) is 4. The zero-order valence-corrected chi connectivity index (χ0v) is 6.47. The maximum atomic E-state index is 12.1. The number of aliphatic hydroxyl groups excluding tert-OH is 4. The fraction of sp³-hybridized carbons (Fsp3) is 1.00. The van der Waals surface area contributed by atoms with E-state index in [0.717, 1.165) is 0 Å². The minimum Gasteiger partial charge on any atom is -0.390 e. The minimum atomic E-state index is -1.45.